The molecule has 4 nitrogen and oxygen atoms in total. The average molecular weight is 399 g/mol. The minimum absolute atomic E-state index is 0.0723. The van der Waals surface area contributed by atoms with Crippen LogP contribution in [0.4, 0.5) is 4.39 Å². The maximum atomic E-state index is 13.3. The number of nitrogens with zero attached hydrogens (tertiary/aromatic N) is 1. The van der Waals surface area contributed by atoms with Gasteiger partial charge in [-0.3, -0.25) is 5.10 Å². The van der Waals surface area contributed by atoms with Crippen molar-refractivity contribution >= 4 is 11.8 Å². The molecule has 1 atom stereocenters. The van der Waals surface area contributed by atoms with Crippen molar-refractivity contribution in [2.45, 2.75) is 30.6 Å². The minimum atomic E-state index is -0.249. The molecule has 1 unspecified atom stereocenters. The summed E-state index contributed by atoms with van der Waals surface area (Å²) in [5.41, 5.74) is 3.91. The fraction of sp³-hybridized carbons (Fsp3) is 0.318. The SMILES string of the molecule is Fc1ccc(-c2[nH]nc(SCCOC3CCCCO3)c2-c2ccccc2)cc1. The van der Waals surface area contributed by atoms with E-state index in [1.54, 1.807) is 23.9 Å². The van der Waals surface area contributed by atoms with Crippen LogP contribution in [0.25, 0.3) is 22.4 Å². The second kappa shape index (κ2) is 9.37. The normalized spacial score (nSPS) is 17.0. The van der Waals surface area contributed by atoms with Crippen molar-refractivity contribution in [3.63, 3.8) is 0 Å². The van der Waals surface area contributed by atoms with Gasteiger partial charge in [-0.2, -0.15) is 5.10 Å². The highest BCUT2D eigenvalue weighted by Gasteiger charge is 2.18. The summed E-state index contributed by atoms with van der Waals surface area (Å²) in [5, 5.41) is 8.59. The van der Waals surface area contributed by atoms with E-state index < -0.39 is 0 Å². The molecule has 146 valence electrons. The molecule has 3 aromatic rings. The zero-order valence-corrected chi connectivity index (χ0v) is 16.4. The maximum absolute atomic E-state index is 13.3. The molecule has 2 aromatic carbocycles. The van der Waals surface area contributed by atoms with Gasteiger partial charge in [0.1, 0.15) is 10.8 Å². The quantitative estimate of drug-likeness (QED) is 0.421. The van der Waals surface area contributed by atoms with Crippen LogP contribution < -0.4 is 0 Å². The summed E-state index contributed by atoms with van der Waals surface area (Å²) >= 11 is 1.65. The number of halogens is 1. The van der Waals surface area contributed by atoms with Crippen LogP contribution >= 0.6 is 11.8 Å². The van der Waals surface area contributed by atoms with Gasteiger partial charge >= 0.3 is 0 Å². The second-order valence-electron chi connectivity index (χ2n) is 6.67. The number of nitrogens with one attached hydrogen (secondary N) is 1. The fourth-order valence-corrected chi connectivity index (χ4v) is 4.14. The van der Waals surface area contributed by atoms with Gasteiger partial charge in [0.25, 0.3) is 0 Å². The van der Waals surface area contributed by atoms with E-state index in [-0.39, 0.29) is 12.1 Å². The summed E-state index contributed by atoms with van der Waals surface area (Å²) in [6, 6.07) is 16.6. The predicted molar refractivity (Wildman–Crippen MR) is 110 cm³/mol. The molecule has 4 rings (SSSR count). The summed E-state index contributed by atoms with van der Waals surface area (Å²) in [6.07, 6.45) is 3.18. The molecule has 1 fully saturated rings. The Labute approximate surface area is 168 Å². The standard InChI is InChI=1S/C22H23FN2O2S/c23-18-11-9-17(10-12-18)21-20(16-6-2-1-3-7-16)22(25-24-21)28-15-14-27-19-8-4-5-13-26-19/h1-3,6-7,9-12,19H,4-5,8,13-15H2,(H,24,25). The molecule has 1 saturated heterocycles. The van der Waals surface area contributed by atoms with Gasteiger partial charge in [-0.05, 0) is 49.1 Å². The Balaban J connectivity index is 1.51. The minimum Gasteiger partial charge on any atom is -0.353 e. The van der Waals surface area contributed by atoms with Gasteiger partial charge in [0.2, 0.25) is 0 Å². The lowest BCUT2D eigenvalue weighted by atomic mass is 10.0. The Hall–Kier alpha value is -2.15. The molecule has 28 heavy (non-hydrogen) atoms. The zero-order chi connectivity index (χ0) is 19.2. The van der Waals surface area contributed by atoms with Gasteiger partial charge in [0, 0.05) is 23.5 Å². The molecule has 0 amide bonds. The molecule has 6 heteroatoms. The van der Waals surface area contributed by atoms with E-state index in [9.17, 15) is 4.39 Å². The molecule has 1 aromatic heterocycles. The van der Waals surface area contributed by atoms with Crippen LogP contribution in [0.1, 0.15) is 19.3 Å². The number of benzene rings is 2. The Morgan fingerprint density at radius 2 is 1.89 bits per heavy atom. The number of thioether (sulfide) groups is 1. The predicted octanol–water partition coefficient (Wildman–Crippen LogP) is 5.52. The molecular weight excluding hydrogens is 375 g/mol. The molecule has 0 bridgehead atoms. The number of H-pyrrole nitrogens is 1. The number of hydrogen-bond acceptors (Lipinski definition) is 4. The first kappa shape index (κ1) is 19.2. The van der Waals surface area contributed by atoms with Crippen molar-refractivity contribution in [2.24, 2.45) is 0 Å². The summed E-state index contributed by atoms with van der Waals surface area (Å²) in [4.78, 5) is 0. The number of rotatable bonds is 7. The van der Waals surface area contributed by atoms with Gasteiger partial charge in [0.15, 0.2) is 6.29 Å². The Morgan fingerprint density at radius 1 is 1.07 bits per heavy atom. The van der Waals surface area contributed by atoms with Gasteiger partial charge < -0.3 is 9.47 Å². The van der Waals surface area contributed by atoms with Crippen molar-refractivity contribution in [3.8, 4) is 22.4 Å². The topological polar surface area (TPSA) is 47.1 Å². The summed E-state index contributed by atoms with van der Waals surface area (Å²) in [6.45, 7) is 1.40. The first-order valence-corrected chi connectivity index (χ1v) is 10.6. The summed E-state index contributed by atoms with van der Waals surface area (Å²) in [7, 11) is 0. The van der Waals surface area contributed by atoms with E-state index in [2.05, 4.69) is 22.3 Å². The van der Waals surface area contributed by atoms with Crippen molar-refractivity contribution in [1.82, 2.24) is 10.2 Å². The van der Waals surface area contributed by atoms with Crippen molar-refractivity contribution < 1.29 is 13.9 Å². The van der Waals surface area contributed by atoms with Crippen LogP contribution in [0.15, 0.2) is 59.6 Å². The van der Waals surface area contributed by atoms with E-state index in [1.165, 1.54) is 12.1 Å². The van der Waals surface area contributed by atoms with E-state index in [0.717, 1.165) is 59.0 Å². The van der Waals surface area contributed by atoms with E-state index in [1.807, 2.05) is 18.2 Å². The van der Waals surface area contributed by atoms with Gasteiger partial charge in [-0.1, -0.05) is 30.3 Å². The van der Waals surface area contributed by atoms with Crippen molar-refractivity contribution in [3.05, 3.63) is 60.4 Å². The number of aromatic nitrogens is 2. The third-order valence-corrected chi connectivity index (χ3v) is 5.63. The number of ether oxygens (including phenoxy) is 2. The number of hydrogen-bond donors (Lipinski definition) is 1. The second-order valence-corrected chi connectivity index (χ2v) is 7.75. The average Bonchev–Trinajstić information content (AvgIpc) is 3.17. The smallest absolute Gasteiger partial charge is 0.157 e. The molecule has 0 saturated carbocycles. The lowest BCUT2D eigenvalue weighted by Gasteiger charge is -2.22. The molecule has 1 aliphatic rings. The fourth-order valence-electron chi connectivity index (χ4n) is 3.29. The summed E-state index contributed by atoms with van der Waals surface area (Å²) in [5.74, 6) is 0.536. The van der Waals surface area contributed by atoms with E-state index >= 15 is 0 Å². The number of aromatic amines is 1. The van der Waals surface area contributed by atoms with Crippen LogP contribution in [0.3, 0.4) is 0 Å². The van der Waals surface area contributed by atoms with Crippen LogP contribution in [0.5, 0.6) is 0 Å². The Kier molecular flexibility index (Phi) is 6.41. The summed E-state index contributed by atoms with van der Waals surface area (Å²) < 4.78 is 24.8. The van der Waals surface area contributed by atoms with Crippen molar-refractivity contribution in [2.75, 3.05) is 19.0 Å². The van der Waals surface area contributed by atoms with Gasteiger partial charge in [-0.25, -0.2) is 4.39 Å². The highest BCUT2D eigenvalue weighted by Crippen LogP contribution is 2.37. The third kappa shape index (κ3) is 4.63. The van der Waals surface area contributed by atoms with E-state index in [4.69, 9.17) is 9.47 Å². The Morgan fingerprint density at radius 3 is 2.64 bits per heavy atom. The molecule has 0 spiro atoms. The first-order valence-electron chi connectivity index (χ1n) is 9.57. The van der Waals surface area contributed by atoms with Crippen LogP contribution in [0, 0.1) is 5.82 Å². The molecule has 1 N–H and O–H groups in total. The highest BCUT2D eigenvalue weighted by atomic mass is 32.2. The lowest BCUT2D eigenvalue weighted by Crippen LogP contribution is -2.23. The highest BCUT2D eigenvalue weighted by molar-refractivity contribution is 7.99. The zero-order valence-electron chi connectivity index (χ0n) is 15.6. The van der Waals surface area contributed by atoms with Gasteiger partial charge in [-0.15, -0.1) is 11.8 Å². The van der Waals surface area contributed by atoms with Gasteiger partial charge in [0.05, 0.1) is 12.3 Å². The Bertz CT molecular complexity index is 877. The molecular formula is C22H23FN2O2S. The third-order valence-electron chi connectivity index (χ3n) is 4.69. The van der Waals surface area contributed by atoms with Crippen LogP contribution in [-0.4, -0.2) is 35.5 Å². The van der Waals surface area contributed by atoms with Crippen molar-refractivity contribution in [1.29, 1.82) is 0 Å². The molecule has 0 aliphatic carbocycles. The monoisotopic (exact) mass is 398 g/mol. The van der Waals surface area contributed by atoms with E-state index in [0.29, 0.717) is 6.61 Å². The largest absolute Gasteiger partial charge is 0.353 e. The van der Waals surface area contributed by atoms with Crippen LogP contribution in [-0.2, 0) is 9.47 Å². The molecule has 0 radical (unpaired) electrons. The lowest BCUT2D eigenvalue weighted by molar-refractivity contribution is -0.158. The molecule has 2 heterocycles. The molecule has 1 aliphatic heterocycles. The maximum Gasteiger partial charge on any atom is 0.157 e. The first-order chi connectivity index (χ1) is 13.8. The van der Waals surface area contributed by atoms with Crippen LogP contribution in [0.2, 0.25) is 0 Å².